The Bertz CT molecular complexity index is 2610. The van der Waals surface area contributed by atoms with E-state index >= 15 is 9.59 Å². The molecule has 0 saturated carbocycles. The van der Waals surface area contributed by atoms with Gasteiger partial charge in [0.15, 0.2) is 5.96 Å². The van der Waals surface area contributed by atoms with Crippen LogP contribution in [0.2, 0.25) is 0 Å². The molecule has 7 atom stereocenters. The van der Waals surface area contributed by atoms with Crippen LogP contribution in [-0.4, -0.2) is 166 Å². The largest absolute Gasteiger partial charge is 0.480 e. The van der Waals surface area contributed by atoms with Crippen molar-refractivity contribution >= 4 is 59.3 Å². The maximum atomic E-state index is 15.2. The Labute approximate surface area is 457 Å². The van der Waals surface area contributed by atoms with Crippen LogP contribution in [-0.2, 0) is 75.4 Å². The second kappa shape index (κ2) is 30.1. The van der Waals surface area contributed by atoms with E-state index in [-0.39, 0.29) is 83.4 Å². The van der Waals surface area contributed by atoms with Crippen LogP contribution in [0.15, 0.2) is 66.0 Å². The van der Waals surface area contributed by atoms with Gasteiger partial charge in [-0.15, -0.1) is 0 Å². The number of guanidine groups is 1. The first-order valence-corrected chi connectivity index (χ1v) is 26.8. The first-order valence-electron chi connectivity index (χ1n) is 26.8. The fourth-order valence-corrected chi connectivity index (χ4v) is 9.65. The molecule has 2 saturated heterocycles. The maximum Gasteiger partial charge on any atom is 0.326 e. The number of aliphatic carboxylic acids is 1. The third-order valence-electron chi connectivity index (χ3n) is 14.0. The number of nitrogens with two attached hydrogens (primary N) is 3. The lowest BCUT2D eigenvalue weighted by Crippen LogP contribution is -2.62. The standard InChI is InChI=1S/C53H75N15O11/c1-2-3-11-37(66-53(56)78)45(70)65-42-27-44(69)58-18-7-6-12-39(51(76)77)62-49(74)43-25-34-9-4-5-10-35(34)30-68(43)50(75)38(13-8-19-59-52(54)55)61-46(71)40(63-47(72)41(64-48(42)73)26-36-28-57-31-60-36)24-32-14-16-33(17-15-32)29-67-20-22-79-23-21-67/h4-5,9-10,14-17,28,31,37-43H,2-3,6-8,11-13,18-27,29-30H2,1H3,(H,57,60)(H,58,69)(H,61,71)(H,62,74)(H,63,72)(H,64,73)(H,65,70)(H,76,77)(H4,54,55,59)(H3,56,66,78)/t37-,38-,39-,40+,41-,42-,43-/m0/s1. The van der Waals surface area contributed by atoms with E-state index in [1.54, 1.807) is 12.1 Å². The van der Waals surface area contributed by atoms with E-state index in [1.807, 2.05) is 43.3 Å². The molecule has 1 aromatic heterocycles. The van der Waals surface area contributed by atoms with Crippen LogP contribution in [0.1, 0.15) is 92.7 Å². The number of amides is 9. The SMILES string of the molecule is CCCC[C@H](NC(N)=O)C(=O)N[C@H]1CC(=O)NCCCC[C@@H](C(=O)O)NC(=O)[C@@H]2Cc3ccccc3CN2C(=O)[C@H](CCCN=C(N)N)NC(=O)[C@@H](Cc2ccc(CN3CCOCC3)cc2)NC(=O)[C@H](Cc2cnc[nH]2)NC1=O. The molecule has 0 aliphatic carbocycles. The molecule has 26 nitrogen and oxygen atoms in total. The van der Waals surface area contributed by atoms with E-state index in [4.69, 9.17) is 21.9 Å². The quantitative estimate of drug-likeness (QED) is 0.0414. The van der Waals surface area contributed by atoms with Crippen LogP contribution in [0.4, 0.5) is 4.79 Å². The highest BCUT2D eigenvalue weighted by atomic mass is 16.5. The Hall–Kier alpha value is -8.13. The molecule has 428 valence electrons. The molecule has 15 N–H and O–H groups in total. The first kappa shape index (κ1) is 60.1. The van der Waals surface area contributed by atoms with Gasteiger partial charge in [0.2, 0.25) is 41.4 Å². The summed E-state index contributed by atoms with van der Waals surface area (Å²) in [5.41, 5.74) is 20.2. The highest BCUT2D eigenvalue weighted by molar-refractivity contribution is 5.99. The number of primary amides is 1. The van der Waals surface area contributed by atoms with Crippen LogP contribution in [0, 0.1) is 0 Å². The number of benzene rings is 2. The summed E-state index contributed by atoms with van der Waals surface area (Å²) < 4.78 is 5.51. The lowest BCUT2D eigenvalue weighted by atomic mass is 9.92. The van der Waals surface area contributed by atoms with Crippen molar-refractivity contribution in [1.29, 1.82) is 0 Å². The fourth-order valence-electron chi connectivity index (χ4n) is 9.65. The predicted molar refractivity (Wildman–Crippen MR) is 288 cm³/mol. The summed E-state index contributed by atoms with van der Waals surface area (Å²) in [5.74, 6) is -7.15. The Morgan fingerprint density at radius 1 is 0.823 bits per heavy atom. The number of hydrogen-bond acceptors (Lipinski definition) is 13. The second-order valence-electron chi connectivity index (χ2n) is 20.0. The van der Waals surface area contributed by atoms with Gasteiger partial charge >= 0.3 is 12.0 Å². The zero-order chi connectivity index (χ0) is 56.8. The van der Waals surface area contributed by atoms with E-state index in [0.717, 1.165) is 29.8 Å². The highest BCUT2D eigenvalue weighted by Crippen LogP contribution is 2.26. The number of fused-ring (bicyclic) bond motifs is 2. The van der Waals surface area contributed by atoms with Gasteiger partial charge in [0, 0.05) is 70.4 Å². The number of imidazole rings is 1. The molecule has 9 amide bonds. The number of hydrogen-bond donors (Lipinski definition) is 12. The zero-order valence-electron chi connectivity index (χ0n) is 44.5. The van der Waals surface area contributed by atoms with Gasteiger partial charge in [0.25, 0.3) is 0 Å². The van der Waals surface area contributed by atoms with Crippen molar-refractivity contribution in [3.05, 3.63) is 89.0 Å². The lowest BCUT2D eigenvalue weighted by molar-refractivity contribution is -0.147. The topological polar surface area (TPSA) is 393 Å². The summed E-state index contributed by atoms with van der Waals surface area (Å²) in [5, 5.41) is 28.9. The maximum absolute atomic E-state index is 15.2. The number of H-pyrrole nitrogens is 1. The Morgan fingerprint density at radius 3 is 2.18 bits per heavy atom. The van der Waals surface area contributed by atoms with E-state index in [9.17, 15) is 38.7 Å². The number of rotatable bonds is 17. The fraction of sp³-hybridized carbons (Fsp3) is 0.528. The predicted octanol–water partition coefficient (Wildman–Crippen LogP) is -1.54. The summed E-state index contributed by atoms with van der Waals surface area (Å²) in [6, 6.07) is 3.93. The number of carboxylic acids is 1. The molecule has 2 aromatic carbocycles. The minimum atomic E-state index is -1.64. The third kappa shape index (κ3) is 18.8. The van der Waals surface area contributed by atoms with E-state index in [1.165, 1.54) is 17.4 Å². The van der Waals surface area contributed by atoms with Gasteiger partial charge in [-0.25, -0.2) is 14.6 Å². The number of carbonyl (C=O) groups is 9. The minimum absolute atomic E-state index is 0.000106. The van der Waals surface area contributed by atoms with Crippen LogP contribution in [0.3, 0.4) is 0 Å². The molecule has 0 bridgehead atoms. The molecule has 2 fully saturated rings. The number of aliphatic imine (C=N–C) groups is 1. The molecular formula is C53H75N15O11. The van der Waals surface area contributed by atoms with Crippen molar-refractivity contribution in [3.63, 3.8) is 0 Å². The summed E-state index contributed by atoms with van der Waals surface area (Å²) >= 11 is 0. The molecule has 0 unspecified atom stereocenters. The van der Waals surface area contributed by atoms with Gasteiger partial charge in [-0.2, -0.15) is 0 Å². The first-order chi connectivity index (χ1) is 38.0. The summed E-state index contributed by atoms with van der Waals surface area (Å²) in [6.07, 6.45) is 3.57. The monoisotopic (exact) mass is 1100 g/mol. The van der Waals surface area contributed by atoms with Gasteiger partial charge in [0.05, 0.1) is 26.0 Å². The number of nitrogens with one attached hydrogen (secondary N) is 8. The average molecular weight is 1100 g/mol. The van der Waals surface area contributed by atoms with Crippen molar-refractivity contribution in [2.45, 2.75) is 139 Å². The third-order valence-corrected chi connectivity index (χ3v) is 14.0. The van der Waals surface area contributed by atoms with Crippen LogP contribution < -0.4 is 54.4 Å². The number of urea groups is 1. The van der Waals surface area contributed by atoms with Crippen molar-refractivity contribution in [2.75, 3.05) is 39.4 Å². The number of carboxylic acid groups (broad SMARTS) is 1. The van der Waals surface area contributed by atoms with Gasteiger partial charge in [-0.3, -0.25) is 43.5 Å². The molecule has 0 radical (unpaired) electrons. The normalized spacial score (nSPS) is 22.7. The van der Waals surface area contributed by atoms with Crippen LogP contribution >= 0.6 is 0 Å². The minimum Gasteiger partial charge on any atom is -0.480 e. The van der Waals surface area contributed by atoms with Gasteiger partial charge in [-0.1, -0.05) is 68.3 Å². The van der Waals surface area contributed by atoms with Crippen LogP contribution in [0.5, 0.6) is 0 Å². The van der Waals surface area contributed by atoms with E-state index in [2.05, 4.69) is 57.1 Å². The van der Waals surface area contributed by atoms with E-state index < -0.39 is 102 Å². The van der Waals surface area contributed by atoms with Crippen molar-refractivity contribution in [2.24, 2.45) is 22.2 Å². The molecule has 3 aromatic rings. The second-order valence-corrected chi connectivity index (χ2v) is 20.0. The van der Waals surface area contributed by atoms with Crippen molar-refractivity contribution in [3.8, 4) is 0 Å². The number of unbranched alkanes of at least 4 members (excludes halogenated alkanes) is 1. The highest BCUT2D eigenvalue weighted by Gasteiger charge is 2.40. The molecule has 0 spiro atoms. The summed E-state index contributed by atoms with van der Waals surface area (Å²) in [7, 11) is 0. The number of nitrogens with zero attached hydrogens (tertiary/aromatic N) is 4. The number of carbonyl (C=O) groups excluding carboxylic acids is 8. The molecular weight excluding hydrogens is 1020 g/mol. The summed E-state index contributed by atoms with van der Waals surface area (Å²) in [4.78, 5) is 141. The Kier molecular flexibility index (Phi) is 22.9. The summed E-state index contributed by atoms with van der Waals surface area (Å²) in [6.45, 7) is 5.22. The van der Waals surface area contributed by atoms with Gasteiger partial charge in [-0.05, 0) is 60.8 Å². The van der Waals surface area contributed by atoms with Crippen LogP contribution in [0.25, 0.3) is 0 Å². The smallest absolute Gasteiger partial charge is 0.326 e. The number of aromatic nitrogens is 2. The molecule has 3 aliphatic heterocycles. The molecule has 26 heteroatoms. The molecule has 3 aliphatic rings. The number of aromatic amines is 1. The van der Waals surface area contributed by atoms with Gasteiger partial charge in [0.1, 0.15) is 42.3 Å². The Balaban J connectivity index is 1.40. The van der Waals surface area contributed by atoms with Crippen molar-refractivity contribution < 1.29 is 53.0 Å². The Morgan fingerprint density at radius 2 is 1.51 bits per heavy atom. The number of morpholine rings is 1. The molecule has 79 heavy (non-hydrogen) atoms. The van der Waals surface area contributed by atoms with Gasteiger partial charge < -0.3 is 74.1 Å². The molecule has 6 rings (SSSR count). The lowest BCUT2D eigenvalue weighted by Gasteiger charge is -2.38. The number of ether oxygens (including phenoxy) is 1. The zero-order valence-corrected chi connectivity index (χ0v) is 44.5. The van der Waals surface area contributed by atoms with Crippen molar-refractivity contribution in [1.82, 2.24) is 57.0 Å². The average Bonchev–Trinajstić information content (AvgIpc) is 4.00. The van der Waals surface area contributed by atoms with E-state index in [0.29, 0.717) is 43.9 Å². The molecule has 4 heterocycles.